The van der Waals surface area contributed by atoms with Crippen LogP contribution >= 0.6 is 0 Å². The van der Waals surface area contributed by atoms with Gasteiger partial charge in [0.2, 0.25) is 0 Å². The van der Waals surface area contributed by atoms with Crippen molar-refractivity contribution < 1.29 is 4.74 Å². The predicted octanol–water partition coefficient (Wildman–Crippen LogP) is 2.66. The van der Waals surface area contributed by atoms with Gasteiger partial charge in [-0.1, -0.05) is 0 Å². The zero-order valence-corrected chi connectivity index (χ0v) is 16.2. The van der Waals surface area contributed by atoms with Crippen molar-refractivity contribution in [1.29, 1.82) is 5.41 Å². The summed E-state index contributed by atoms with van der Waals surface area (Å²) < 4.78 is 7.99. The molecule has 2 fully saturated rings. The summed E-state index contributed by atoms with van der Waals surface area (Å²) in [6.07, 6.45) is 7.37. The van der Waals surface area contributed by atoms with Crippen molar-refractivity contribution in [2.75, 3.05) is 23.7 Å². The molecule has 0 radical (unpaired) electrons. The highest BCUT2D eigenvalue weighted by atomic mass is 16.5. The summed E-state index contributed by atoms with van der Waals surface area (Å²) >= 11 is 0. The molecule has 8 nitrogen and oxygen atoms in total. The van der Waals surface area contributed by atoms with Gasteiger partial charge in [0.05, 0.1) is 17.4 Å². The number of nitrogens with one attached hydrogen (secondary N) is 1. The molecule has 8 heteroatoms. The summed E-state index contributed by atoms with van der Waals surface area (Å²) in [5, 5.41) is 13.0. The normalized spacial score (nSPS) is 17.6. The Morgan fingerprint density at radius 1 is 1.24 bits per heavy atom. The first-order valence-corrected chi connectivity index (χ1v) is 9.75. The van der Waals surface area contributed by atoms with Gasteiger partial charge in [-0.25, -0.2) is 9.97 Å². The molecule has 2 aliphatic rings. The third kappa shape index (κ3) is 3.41. The van der Waals surface area contributed by atoms with Crippen LogP contribution in [0.5, 0.6) is 5.75 Å². The number of aromatic nitrogens is 4. The summed E-state index contributed by atoms with van der Waals surface area (Å²) in [7, 11) is 0. The van der Waals surface area contributed by atoms with Gasteiger partial charge in [0.1, 0.15) is 23.5 Å². The number of rotatable bonds is 6. The van der Waals surface area contributed by atoms with Crippen molar-refractivity contribution >= 4 is 17.2 Å². The van der Waals surface area contributed by atoms with Gasteiger partial charge in [-0.05, 0) is 44.0 Å². The first-order valence-electron chi connectivity index (χ1n) is 9.75. The lowest BCUT2D eigenvalue weighted by atomic mass is 10.0. The van der Waals surface area contributed by atoms with E-state index in [2.05, 4.69) is 26.9 Å². The van der Waals surface area contributed by atoms with E-state index in [1.165, 1.54) is 6.33 Å². The molecule has 3 N–H and O–H groups in total. The highest BCUT2D eigenvalue weighted by molar-refractivity contribution is 6.13. The Bertz CT molecular complexity index is 1050. The fourth-order valence-electron chi connectivity index (χ4n) is 3.48. The van der Waals surface area contributed by atoms with E-state index >= 15 is 0 Å². The summed E-state index contributed by atoms with van der Waals surface area (Å²) in [6, 6.07) is 9.60. The average molecular weight is 389 g/mol. The lowest BCUT2D eigenvalue weighted by molar-refractivity contribution is 0.200. The van der Waals surface area contributed by atoms with Gasteiger partial charge in [-0.3, -0.25) is 10.1 Å². The Morgan fingerprint density at radius 3 is 2.79 bits per heavy atom. The monoisotopic (exact) mass is 389 g/mol. The van der Waals surface area contributed by atoms with Crippen LogP contribution < -0.4 is 15.4 Å². The number of ether oxygens (including phenoxy) is 1. The Kier molecular flexibility index (Phi) is 4.01. The molecule has 3 heterocycles. The van der Waals surface area contributed by atoms with Crippen molar-refractivity contribution in [3.63, 3.8) is 0 Å². The fraction of sp³-hybridized carbons (Fsp3) is 0.333. The van der Waals surface area contributed by atoms with Crippen LogP contribution in [0.4, 0.5) is 11.5 Å². The van der Waals surface area contributed by atoms with Crippen molar-refractivity contribution in [1.82, 2.24) is 19.7 Å². The van der Waals surface area contributed by atoms with E-state index in [0.29, 0.717) is 23.0 Å². The topological polar surface area (TPSA) is 106 Å². The van der Waals surface area contributed by atoms with Crippen molar-refractivity contribution in [2.24, 2.45) is 0 Å². The third-order valence-corrected chi connectivity index (χ3v) is 5.61. The van der Waals surface area contributed by atoms with Crippen LogP contribution in [0.1, 0.15) is 37.1 Å². The van der Waals surface area contributed by atoms with Crippen LogP contribution in [0.15, 0.2) is 49.1 Å². The average Bonchev–Trinajstić information content (AvgIpc) is 3.16. The number of hydrogen-bond acceptors (Lipinski definition) is 7. The maximum atomic E-state index is 8.66. The number of nitrogens with two attached hydrogens (primary N) is 1. The molecule has 1 saturated heterocycles. The minimum absolute atomic E-state index is 0.0831. The molecule has 0 atom stereocenters. The molecule has 1 saturated carbocycles. The molecule has 1 aliphatic heterocycles. The molecule has 0 unspecified atom stereocenters. The molecule has 5 rings (SSSR count). The van der Waals surface area contributed by atoms with E-state index in [0.717, 1.165) is 37.5 Å². The van der Waals surface area contributed by atoms with Gasteiger partial charge < -0.3 is 15.4 Å². The lowest BCUT2D eigenvalue weighted by Gasteiger charge is -2.40. The molecule has 1 aliphatic carbocycles. The minimum Gasteiger partial charge on any atom is -0.488 e. The van der Waals surface area contributed by atoms with Gasteiger partial charge in [-0.2, -0.15) is 5.10 Å². The molecular weight excluding hydrogens is 366 g/mol. The highest BCUT2D eigenvalue weighted by Gasteiger charge is 2.40. The third-order valence-electron chi connectivity index (χ3n) is 5.61. The molecular formula is C21H23N7O. The van der Waals surface area contributed by atoms with Gasteiger partial charge in [-0.15, -0.1) is 0 Å². The van der Waals surface area contributed by atoms with E-state index < -0.39 is 0 Å². The maximum absolute atomic E-state index is 8.66. The number of hydrogen-bond donors (Lipinski definition) is 2. The van der Waals surface area contributed by atoms with Gasteiger partial charge in [0, 0.05) is 42.8 Å². The molecule has 148 valence electrons. The van der Waals surface area contributed by atoms with Crippen LogP contribution in [0.3, 0.4) is 0 Å². The quantitative estimate of drug-likeness (QED) is 0.496. The van der Waals surface area contributed by atoms with E-state index in [9.17, 15) is 0 Å². The van der Waals surface area contributed by atoms with Crippen molar-refractivity contribution in [3.8, 4) is 5.75 Å². The Morgan fingerprint density at radius 2 is 2.07 bits per heavy atom. The van der Waals surface area contributed by atoms with Gasteiger partial charge >= 0.3 is 0 Å². The van der Waals surface area contributed by atoms with Gasteiger partial charge in [0.25, 0.3) is 0 Å². The maximum Gasteiger partial charge on any atom is 0.132 e. The van der Waals surface area contributed by atoms with E-state index in [4.69, 9.17) is 15.9 Å². The first-order chi connectivity index (χ1) is 14.0. The Hall–Kier alpha value is -3.42. The van der Waals surface area contributed by atoms with Crippen LogP contribution in [0.2, 0.25) is 0 Å². The summed E-state index contributed by atoms with van der Waals surface area (Å²) in [4.78, 5) is 10.8. The molecule has 3 aromatic rings. The van der Waals surface area contributed by atoms with Crippen LogP contribution in [0, 0.1) is 5.41 Å². The second-order valence-electron chi connectivity index (χ2n) is 7.98. The zero-order chi connectivity index (χ0) is 20.0. The Balaban J connectivity index is 1.34. The fourth-order valence-corrected chi connectivity index (χ4v) is 3.48. The van der Waals surface area contributed by atoms with Crippen LogP contribution in [-0.4, -0.2) is 44.2 Å². The molecule has 0 amide bonds. The molecule has 0 bridgehead atoms. The zero-order valence-electron chi connectivity index (χ0n) is 16.2. The van der Waals surface area contributed by atoms with Crippen molar-refractivity contribution in [2.45, 2.75) is 31.4 Å². The number of nitrogens with zero attached hydrogens (tertiary/aromatic N) is 5. The lowest BCUT2D eigenvalue weighted by Crippen LogP contribution is -2.48. The second kappa shape index (κ2) is 6.58. The van der Waals surface area contributed by atoms with Gasteiger partial charge in [0.15, 0.2) is 0 Å². The Labute approximate surface area is 168 Å². The number of anilines is 2. The van der Waals surface area contributed by atoms with Crippen LogP contribution in [0.25, 0.3) is 0 Å². The summed E-state index contributed by atoms with van der Waals surface area (Å²) in [6.45, 7) is 3.75. The molecule has 0 spiro atoms. The second-order valence-corrected chi connectivity index (χ2v) is 7.98. The first kappa shape index (κ1) is 17.7. The molecule has 1 aromatic carbocycles. The predicted molar refractivity (Wildman–Crippen MR) is 111 cm³/mol. The SMILES string of the molecule is CC1(Oc2ccc(N)c(C(=N)c3cc(N4CC(n5cccn5)C4)ncn3)c2)CC1. The minimum atomic E-state index is -0.0831. The highest BCUT2D eigenvalue weighted by Crippen LogP contribution is 2.40. The van der Waals surface area contributed by atoms with E-state index in [1.54, 1.807) is 12.3 Å². The number of nitrogen functional groups attached to an aromatic ring is 1. The van der Waals surface area contributed by atoms with Crippen molar-refractivity contribution in [3.05, 3.63) is 60.3 Å². The van der Waals surface area contributed by atoms with Crippen LogP contribution in [-0.2, 0) is 0 Å². The largest absolute Gasteiger partial charge is 0.488 e. The molecule has 29 heavy (non-hydrogen) atoms. The standard InChI is InChI=1S/C21H23N7O/c1-21(5-6-21)29-15-3-4-17(22)16(9-15)20(23)18-10-19(25-13-24-18)27-11-14(12-27)28-8-2-7-26-28/h2-4,7-10,13-14,23H,5-6,11-12,22H2,1H3. The summed E-state index contributed by atoms with van der Waals surface area (Å²) in [5.41, 5.74) is 8.03. The molecule has 2 aromatic heterocycles. The van der Waals surface area contributed by atoms with E-state index in [-0.39, 0.29) is 11.3 Å². The number of benzene rings is 1. The summed E-state index contributed by atoms with van der Waals surface area (Å²) in [5.74, 6) is 1.54. The smallest absolute Gasteiger partial charge is 0.132 e. The van der Waals surface area contributed by atoms with E-state index in [1.807, 2.05) is 35.1 Å².